The van der Waals surface area contributed by atoms with Crippen molar-refractivity contribution < 1.29 is 13.2 Å². The number of fused-ring (bicyclic) bond motifs is 2. The molecule has 1 amide bonds. The second kappa shape index (κ2) is 6.57. The maximum atomic E-state index is 11.8. The second-order valence-electron chi connectivity index (χ2n) is 6.32. The normalized spacial score (nSPS) is 11.8. The van der Waals surface area contributed by atoms with Crippen LogP contribution in [0.2, 0.25) is 0 Å². The van der Waals surface area contributed by atoms with E-state index in [0.29, 0.717) is 27.7 Å². The maximum absolute atomic E-state index is 11.8. The van der Waals surface area contributed by atoms with Crippen LogP contribution < -0.4 is 10.6 Å². The van der Waals surface area contributed by atoms with Gasteiger partial charge < -0.3 is 15.2 Å². The van der Waals surface area contributed by atoms with Crippen LogP contribution in [0.5, 0.6) is 0 Å². The number of sulfone groups is 1. The standard InChI is InChI=1S/C18H17N5O3S2/c1-19-16(24)10-4-7-14-13(8-10)20-17(23(14)2)22-18-21-12-6-5-11(28(3,25)26)9-15(12)27-18/h4-9H,1-3H3,(H,19,24)(H,20,21,22). The molecule has 2 aromatic carbocycles. The minimum atomic E-state index is -3.27. The van der Waals surface area contributed by atoms with E-state index in [-0.39, 0.29) is 10.8 Å². The van der Waals surface area contributed by atoms with Crippen LogP contribution in [-0.4, -0.2) is 42.2 Å². The second-order valence-corrected chi connectivity index (χ2v) is 9.37. The van der Waals surface area contributed by atoms with Gasteiger partial charge in [-0.05, 0) is 36.4 Å². The number of rotatable bonds is 4. The zero-order valence-corrected chi connectivity index (χ0v) is 17.0. The predicted molar refractivity (Wildman–Crippen MR) is 110 cm³/mol. The summed E-state index contributed by atoms with van der Waals surface area (Å²) in [6.45, 7) is 0. The molecule has 0 aliphatic rings. The largest absolute Gasteiger partial charge is 0.355 e. The van der Waals surface area contributed by atoms with Gasteiger partial charge >= 0.3 is 0 Å². The van der Waals surface area contributed by atoms with Gasteiger partial charge in [0.2, 0.25) is 5.95 Å². The van der Waals surface area contributed by atoms with E-state index >= 15 is 0 Å². The van der Waals surface area contributed by atoms with Crippen LogP contribution in [0, 0.1) is 0 Å². The van der Waals surface area contributed by atoms with E-state index in [1.54, 1.807) is 37.4 Å². The average Bonchev–Trinajstić information content (AvgIpc) is 3.20. The van der Waals surface area contributed by atoms with Crippen LogP contribution in [0.15, 0.2) is 41.3 Å². The van der Waals surface area contributed by atoms with Crippen molar-refractivity contribution in [3.8, 4) is 0 Å². The number of carbonyl (C=O) groups excluding carboxylic acids is 1. The van der Waals surface area contributed by atoms with E-state index in [1.807, 2.05) is 17.7 Å². The number of imidazole rings is 1. The number of anilines is 2. The summed E-state index contributed by atoms with van der Waals surface area (Å²) >= 11 is 1.35. The number of aromatic nitrogens is 3. The lowest BCUT2D eigenvalue weighted by molar-refractivity contribution is 0.0963. The fourth-order valence-electron chi connectivity index (χ4n) is 2.88. The molecule has 28 heavy (non-hydrogen) atoms. The highest BCUT2D eigenvalue weighted by Gasteiger charge is 2.14. The number of amides is 1. The number of benzene rings is 2. The summed E-state index contributed by atoms with van der Waals surface area (Å²) in [5.74, 6) is 0.404. The van der Waals surface area contributed by atoms with Gasteiger partial charge in [0.15, 0.2) is 15.0 Å². The summed E-state index contributed by atoms with van der Waals surface area (Å²) in [6, 6.07) is 10.2. The molecule has 0 aliphatic carbocycles. The molecule has 4 aromatic rings. The summed E-state index contributed by atoms with van der Waals surface area (Å²) < 4.78 is 26.1. The third kappa shape index (κ3) is 3.20. The first-order chi connectivity index (χ1) is 13.3. The van der Waals surface area contributed by atoms with Gasteiger partial charge in [-0.3, -0.25) is 4.79 Å². The molecule has 0 radical (unpaired) electrons. The van der Waals surface area contributed by atoms with Crippen molar-refractivity contribution in [3.63, 3.8) is 0 Å². The van der Waals surface area contributed by atoms with Crippen molar-refractivity contribution in [1.29, 1.82) is 0 Å². The molecular formula is C18H17N5O3S2. The quantitative estimate of drug-likeness (QED) is 0.531. The lowest BCUT2D eigenvalue weighted by Crippen LogP contribution is -2.17. The number of hydrogen-bond acceptors (Lipinski definition) is 7. The first-order valence-corrected chi connectivity index (χ1v) is 11.0. The molecule has 0 aliphatic heterocycles. The highest BCUT2D eigenvalue weighted by molar-refractivity contribution is 7.90. The number of hydrogen-bond donors (Lipinski definition) is 2. The lowest BCUT2D eigenvalue weighted by atomic mass is 10.2. The number of nitrogens with one attached hydrogen (secondary N) is 2. The third-order valence-corrected chi connectivity index (χ3v) is 6.42. The number of nitrogens with zero attached hydrogens (tertiary/aromatic N) is 3. The Morgan fingerprint density at radius 2 is 1.89 bits per heavy atom. The molecule has 144 valence electrons. The van der Waals surface area contributed by atoms with Gasteiger partial charge in [-0.1, -0.05) is 11.3 Å². The summed E-state index contributed by atoms with van der Waals surface area (Å²) in [5, 5.41) is 6.38. The van der Waals surface area contributed by atoms with Crippen LogP contribution in [-0.2, 0) is 16.9 Å². The predicted octanol–water partition coefficient (Wildman–Crippen LogP) is 2.69. The molecule has 0 atom stereocenters. The van der Waals surface area contributed by atoms with Crippen LogP contribution in [0.25, 0.3) is 21.3 Å². The minimum Gasteiger partial charge on any atom is -0.355 e. The molecule has 10 heteroatoms. The van der Waals surface area contributed by atoms with Crippen molar-refractivity contribution in [2.75, 3.05) is 18.6 Å². The van der Waals surface area contributed by atoms with Crippen LogP contribution in [0.4, 0.5) is 11.1 Å². The Morgan fingerprint density at radius 3 is 2.61 bits per heavy atom. The Kier molecular flexibility index (Phi) is 4.31. The lowest BCUT2D eigenvalue weighted by Gasteiger charge is -2.02. The van der Waals surface area contributed by atoms with Crippen molar-refractivity contribution in [2.45, 2.75) is 4.90 Å². The Hall–Kier alpha value is -2.98. The fourth-order valence-corrected chi connectivity index (χ4v) is 4.50. The molecule has 8 nitrogen and oxygen atoms in total. The molecule has 0 bridgehead atoms. The topological polar surface area (TPSA) is 106 Å². The minimum absolute atomic E-state index is 0.171. The zero-order valence-electron chi connectivity index (χ0n) is 15.3. The van der Waals surface area contributed by atoms with E-state index < -0.39 is 9.84 Å². The number of thiazole rings is 1. The van der Waals surface area contributed by atoms with Gasteiger partial charge in [-0.15, -0.1) is 0 Å². The summed E-state index contributed by atoms with van der Waals surface area (Å²) in [6.07, 6.45) is 1.18. The van der Waals surface area contributed by atoms with Crippen molar-refractivity contribution in [1.82, 2.24) is 19.9 Å². The Morgan fingerprint density at radius 1 is 1.11 bits per heavy atom. The van der Waals surface area contributed by atoms with E-state index in [1.165, 1.54) is 17.6 Å². The van der Waals surface area contributed by atoms with Gasteiger partial charge in [0.25, 0.3) is 5.91 Å². The maximum Gasteiger partial charge on any atom is 0.251 e. The highest BCUT2D eigenvalue weighted by Crippen LogP contribution is 2.30. The molecule has 0 saturated heterocycles. The van der Waals surface area contributed by atoms with E-state index in [4.69, 9.17) is 0 Å². The molecule has 2 N–H and O–H groups in total. The number of aryl methyl sites for hydroxylation is 1. The fraction of sp³-hybridized carbons (Fsp3) is 0.167. The zero-order chi connectivity index (χ0) is 20.1. The Labute approximate surface area is 165 Å². The molecule has 0 saturated carbocycles. The molecular weight excluding hydrogens is 398 g/mol. The summed E-state index contributed by atoms with van der Waals surface area (Å²) in [5.41, 5.74) is 2.80. The molecule has 0 unspecified atom stereocenters. The van der Waals surface area contributed by atoms with Crippen molar-refractivity contribution in [2.24, 2.45) is 7.05 Å². The molecule has 4 rings (SSSR count). The van der Waals surface area contributed by atoms with Crippen molar-refractivity contribution >= 4 is 59.4 Å². The molecule has 0 fully saturated rings. The van der Waals surface area contributed by atoms with Gasteiger partial charge in [-0.25, -0.2) is 18.4 Å². The molecule has 2 aromatic heterocycles. The van der Waals surface area contributed by atoms with Crippen molar-refractivity contribution in [3.05, 3.63) is 42.0 Å². The average molecular weight is 416 g/mol. The Balaban J connectivity index is 1.71. The smallest absolute Gasteiger partial charge is 0.251 e. The monoisotopic (exact) mass is 415 g/mol. The van der Waals surface area contributed by atoms with Gasteiger partial charge in [-0.2, -0.15) is 0 Å². The van der Waals surface area contributed by atoms with Gasteiger partial charge in [0, 0.05) is 25.9 Å². The SMILES string of the molecule is CNC(=O)c1ccc2c(c1)nc(Nc1nc3ccc(S(C)(=O)=O)cc3s1)n2C. The van der Waals surface area contributed by atoms with Crippen LogP contribution in [0.3, 0.4) is 0 Å². The molecule has 2 heterocycles. The molecule has 0 spiro atoms. The van der Waals surface area contributed by atoms with Crippen LogP contribution in [0.1, 0.15) is 10.4 Å². The number of carbonyl (C=O) groups is 1. The third-order valence-electron chi connectivity index (χ3n) is 4.38. The summed E-state index contributed by atoms with van der Waals surface area (Å²) in [7, 11) is 0.179. The van der Waals surface area contributed by atoms with E-state index in [9.17, 15) is 13.2 Å². The van der Waals surface area contributed by atoms with E-state index in [0.717, 1.165) is 10.2 Å². The van der Waals surface area contributed by atoms with E-state index in [2.05, 4.69) is 20.6 Å². The van der Waals surface area contributed by atoms with Gasteiger partial charge in [0.05, 0.1) is 26.1 Å². The summed E-state index contributed by atoms with van der Waals surface area (Å²) in [4.78, 5) is 21.1. The first kappa shape index (κ1) is 18.4. The highest BCUT2D eigenvalue weighted by atomic mass is 32.2. The first-order valence-electron chi connectivity index (χ1n) is 8.32. The van der Waals surface area contributed by atoms with Gasteiger partial charge in [0.1, 0.15) is 0 Å². The van der Waals surface area contributed by atoms with Crippen LogP contribution >= 0.6 is 11.3 Å². The Bertz CT molecular complexity index is 1340.